The fourth-order valence-electron chi connectivity index (χ4n) is 2.10. The van der Waals surface area contributed by atoms with Gasteiger partial charge in [0.2, 0.25) is 0 Å². The summed E-state index contributed by atoms with van der Waals surface area (Å²) in [5.41, 5.74) is 8.82. The highest BCUT2D eigenvalue weighted by Crippen LogP contribution is 2.32. The van der Waals surface area contributed by atoms with Crippen LogP contribution in [-0.2, 0) is 6.42 Å². The highest BCUT2D eigenvalue weighted by molar-refractivity contribution is 5.72. The number of rotatable bonds is 5. The van der Waals surface area contributed by atoms with Crippen LogP contribution in [0.5, 0.6) is 5.75 Å². The van der Waals surface area contributed by atoms with Gasteiger partial charge in [0.05, 0.1) is 12.3 Å². The highest BCUT2D eigenvalue weighted by atomic mass is 16.5. The summed E-state index contributed by atoms with van der Waals surface area (Å²) in [6.45, 7) is 4.71. The molecule has 0 aliphatic carbocycles. The van der Waals surface area contributed by atoms with Gasteiger partial charge in [-0.25, -0.2) is 9.97 Å². The van der Waals surface area contributed by atoms with Crippen LogP contribution in [0.15, 0.2) is 30.6 Å². The Kier molecular flexibility index (Phi) is 4.34. The maximum absolute atomic E-state index is 5.98. The molecule has 0 saturated carbocycles. The molecular weight excluding hydrogens is 238 g/mol. The molecule has 0 amide bonds. The number of para-hydroxylation sites is 1. The molecule has 2 rings (SSSR count). The first-order chi connectivity index (χ1) is 9.27. The van der Waals surface area contributed by atoms with Crippen molar-refractivity contribution in [2.24, 2.45) is 0 Å². The third-order valence-electron chi connectivity index (χ3n) is 2.92. The zero-order valence-corrected chi connectivity index (χ0v) is 11.4. The lowest BCUT2D eigenvalue weighted by atomic mass is 10.0. The molecule has 0 radical (unpaired) electrons. The molecule has 1 aromatic carbocycles. The Hall–Kier alpha value is -2.10. The summed E-state index contributed by atoms with van der Waals surface area (Å²) in [4.78, 5) is 8.49. The summed E-state index contributed by atoms with van der Waals surface area (Å²) in [6, 6.07) is 7.89. The normalized spacial score (nSPS) is 10.4. The van der Waals surface area contributed by atoms with Crippen LogP contribution < -0.4 is 10.5 Å². The molecule has 0 atom stereocenters. The number of nitrogens with zero attached hydrogens (tertiary/aromatic N) is 2. The van der Waals surface area contributed by atoms with E-state index in [9.17, 15) is 0 Å². The van der Waals surface area contributed by atoms with E-state index in [2.05, 4.69) is 16.9 Å². The summed E-state index contributed by atoms with van der Waals surface area (Å²) in [7, 11) is 0. The van der Waals surface area contributed by atoms with Crippen molar-refractivity contribution in [2.75, 3.05) is 12.3 Å². The van der Waals surface area contributed by atoms with Crippen molar-refractivity contribution in [1.82, 2.24) is 9.97 Å². The molecule has 4 nitrogen and oxygen atoms in total. The van der Waals surface area contributed by atoms with Crippen molar-refractivity contribution < 1.29 is 4.74 Å². The largest absolute Gasteiger partial charge is 0.493 e. The predicted molar refractivity (Wildman–Crippen MR) is 77.0 cm³/mol. The van der Waals surface area contributed by atoms with Crippen LogP contribution in [0.2, 0.25) is 0 Å². The van der Waals surface area contributed by atoms with E-state index in [1.165, 1.54) is 6.33 Å². The van der Waals surface area contributed by atoms with Gasteiger partial charge in [0.15, 0.2) is 0 Å². The summed E-state index contributed by atoms with van der Waals surface area (Å²) >= 11 is 0. The van der Waals surface area contributed by atoms with Gasteiger partial charge in [-0.05, 0) is 25.5 Å². The minimum atomic E-state index is 0.554. The van der Waals surface area contributed by atoms with Crippen molar-refractivity contribution >= 4 is 5.82 Å². The lowest BCUT2D eigenvalue weighted by Crippen LogP contribution is -2.03. The van der Waals surface area contributed by atoms with Crippen molar-refractivity contribution in [3.05, 3.63) is 36.2 Å². The maximum Gasteiger partial charge on any atom is 0.130 e. The zero-order valence-electron chi connectivity index (χ0n) is 11.4. The summed E-state index contributed by atoms with van der Waals surface area (Å²) in [6.07, 6.45) is 3.37. The number of anilines is 1. The van der Waals surface area contributed by atoms with Gasteiger partial charge in [-0.2, -0.15) is 0 Å². The molecule has 0 aliphatic rings. The van der Waals surface area contributed by atoms with Gasteiger partial charge in [0.1, 0.15) is 17.9 Å². The Morgan fingerprint density at radius 2 is 1.95 bits per heavy atom. The fraction of sp³-hybridized carbons (Fsp3) is 0.333. The number of benzene rings is 1. The van der Waals surface area contributed by atoms with E-state index in [1.807, 2.05) is 31.2 Å². The highest BCUT2D eigenvalue weighted by Gasteiger charge is 2.14. The molecule has 1 aromatic heterocycles. The van der Waals surface area contributed by atoms with E-state index in [0.717, 1.165) is 35.4 Å². The summed E-state index contributed by atoms with van der Waals surface area (Å²) in [5, 5.41) is 0. The average molecular weight is 257 g/mol. The number of hydrogen-bond donors (Lipinski definition) is 1. The van der Waals surface area contributed by atoms with E-state index < -0.39 is 0 Å². The Morgan fingerprint density at radius 3 is 2.68 bits per heavy atom. The van der Waals surface area contributed by atoms with Crippen LogP contribution in [0.1, 0.15) is 25.8 Å². The lowest BCUT2D eigenvalue weighted by molar-refractivity contribution is 0.341. The molecule has 19 heavy (non-hydrogen) atoms. The average Bonchev–Trinajstić information content (AvgIpc) is 2.42. The van der Waals surface area contributed by atoms with Crippen LogP contribution in [0.3, 0.4) is 0 Å². The molecule has 0 aliphatic heterocycles. The lowest BCUT2D eigenvalue weighted by Gasteiger charge is -2.13. The monoisotopic (exact) mass is 257 g/mol. The molecule has 0 spiro atoms. The standard InChI is InChI=1S/C15H19N3O/c1-3-7-12-14(17-10-18-15(12)16)11-8-5-6-9-13(11)19-4-2/h5-6,8-10H,3-4,7H2,1-2H3,(H2,16,17,18). The maximum atomic E-state index is 5.98. The minimum absolute atomic E-state index is 0.554. The Bertz CT molecular complexity index is 555. The third kappa shape index (κ3) is 2.84. The second-order valence-corrected chi connectivity index (χ2v) is 4.27. The number of aromatic nitrogens is 2. The van der Waals surface area contributed by atoms with Gasteiger partial charge in [-0.1, -0.05) is 25.5 Å². The third-order valence-corrected chi connectivity index (χ3v) is 2.92. The van der Waals surface area contributed by atoms with E-state index in [0.29, 0.717) is 12.4 Å². The van der Waals surface area contributed by atoms with Crippen LogP contribution in [0.25, 0.3) is 11.3 Å². The van der Waals surface area contributed by atoms with Gasteiger partial charge >= 0.3 is 0 Å². The summed E-state index contributed by atoms with van der Waals surface area (Å²) < 4.78 is 5.66. The Labute approximate surface area is 113 Å². The summed E-state index contributed by atoms with van der Waals surface area (Å²) in [5.74, 6) is 1.39. The first-order valence-electron chi connectivity index (χ1n) is 6.59. The van der Waals surface area contributed by atoms with Crippen molar-refractivity contribution in [2.45, 2.75) is 26.7 Å². The Balaban J connectivity index is 2.55. The first kappa shape index (κ1) is 13.3. The predicted octanol–water partition coefficient (Wildman–Crippen LogP) is 3.08. The SMILES string of the molecule is CCCc1c(N)ncnc1-c1ccccc1OCC. The van der Waals surface area contributed by atoms with Crippen molar-refractivity contribution in [3.63, 3.8) is 0 Å². The quantitative estimate of drug-likeness (QED) is 0.894. The van der Waals surface area contributed by atoms with Crippen LogP contribution in [0, 0.1) is 0 Å². The molecule has 1 heterocycles. The van der Waals surface area contributed by atoms with E-state index in [4.69, 9.17) is 10.5 Å². The molecule has 100 valence electrons. The molecule has 0 fully saturated rings. The van der Waals surface area contributed by atoms with Gasteiger partial charge in [-0.3, -0.25) is 0 Å². The van der Waals surface area contributed by atoms with E-state index in [1.54, 1.807) is 0 Å². The zero-order chi connectivity index (χ0) is 13.7. The van der Waals surface area contributed by atoms with Gasteiger partial charge < -0.3 is 10.5 Å². The van der Waals surface area contributed by atoms with Gasteiger partial charge in [0.25, 0.3) is 0 Å². The van der Waals surface area contributed by atoms with Crippen LogP contribution >= 0.6 is 0 Å². The molecular formula is C15H19N3O. The van der Waals surface area contributed by atoms with Gasteiger partial charge in [0, 0.05) is 11.1 Å². The second-order valence-electron chi connectivity index (χ2n) is 4.27. The topological polar surface area (TPSA) is 61.0 Å². The molecule has 0 unspecified atom stereocenters. The Morgan fingerprint density at radius 1 is 1.16 bits per heavy atom. The number of nitrogens with two attached hydrogens (primary N) is 1. The van der Waals surface area contributed by atoms with Crippen LogP contribution in [-0.4, -0.2) is 16.6 Å². The van der Waals surface area contributed by atoms with Crippen LogP contribution in [0.4, 0.5) is 5.82 Å². The van der Waals surface area contributed by atoms with Crippen molar-refractivity contribution in [1.29, 1.82) is 0 Å². The van der Waals surface area contributed by atoms with E-state index >= 15 is 0 Å². The van der Waals surface area contributed by atoms with Crippen molar-refractivity contribution in [3.8, 4) is 17.0 Å². The molecule has 0 saturated heterocycles. The fourth-order valence-corrected chi connectivity index (χ4v) is 2.10. The second kappa shape index (κ2) is 6.18. The van der Waals surface area contributed by atoms with Gasteiger partial charge in [-0.15, -0.1) is 0 Å². The molecule has 2 aromatic rings. The number of hydrogen-bond acceptors (Lipinski definition) is 4. The number of nitrogen functional groups attached to an aromatic ring is 1. The first-order valence-corrected chi connectivity index (χ1v) is 6.59. The van der Waals surface area contributed by atoms with E-state index in [-0.39, 0.29) is 0 Å². The molecule has 0 bridgehead atoms. The smallest absolute Gasteiger partial charge is 0.130 e. The number of ether oxygens (including phenoxy) is 1. The molecule has 2 N–H and O–H groups in total. The molecule has 4 heteroatoms. The minimum Gasteiger partial charge on any atom is -0.493 e.